The van der Waals surface area contributed by atoms with Gasteiger partial charge in [-0.25, -0.2) is 9.97 Å². The molecule has 0 bridgehead atoms. The van der Waals surface area contributed by atoms with Crippen molar-refractivity contribution < 1.29 is 27.4 Å². The van der Waals surface area contributed by atoms with Crippen LogP contribution in [-0.2, 0) is 15.7 Å². The maximum absolute atomic E-state index is 13.3. The van der Waals surface area contributed by atoms with E-state index in [0.29, 0.717) is 42.0 Å². The van der Waals surface area contributed by atoms with Crippen LogP contribution in [0.2, 0.25) is 5.02 Å². The Hall–Kier alpha value is -3.57. The van der Waals surface area contributed by atoms with Gasteiger partial charge in [0.15, 0.2) is 0 Å². The lowest BCUT2D eigenvalue weighted by molar-refractivity contribution is -0.137. The fourth-order valence-electron chi connectivity index (χ4n) is 3.51. The van der Waals surface area contributed by atoms with Gasteiger partial charge >= 0.3 is 6.18 Å². The van der Waals surface area contributed by atoms with Crippen molar-refractivity contribution in [2.45, 2.75) is 18.7 Å². The number of ether oxygens (including phenoxy) is 2. The smallest absolute Gasteiger partial charge is 0.417 e. The molecule has 0 aliphatic carbocycles. The zero-order chi connectivity index (χ0) is 25.9. The van der Waals surface area contributed by atoms with E-state index in [9.17, 15) is 18.0 Å². The van der Waals surface area contributed by atoms with Gasteiger partial charge in [0.1, 0.15) is 24.0 Å². The molecule has 12 heteroatoms. The Bertz CT molecular complexity index is 1290. The van der Waals surface area contributed by atoms with Crippen molar-refractivity contribution in [3.05, 3.63) is 59.5 Å². The van der Waals surface area contributed by atoms with Crippen molar-refractivity contribution in [2.24, 2.45) is 0 Å². The highest BCUT2D eigenvalue weighted by Gasteiger charge is 2.33. The molecular weight excluding hydrogens is 499 g/mol. The van der Waals surface area contributed by atoms with E-state index in [2.05, 4.69) is 20.6 Å². The monoisotopic (exact) mass is 521 g/mol. The van der Waals surface area contributed by atoms with Crippen LogP contribution >= 0.6 is 11.6 Å². The van der Waals surface area contributed by atoms with Gasteiger partial charge in [0.25, 0.3) is 0 Å². The Balaban J connectivity index is 1.72. The van der Waals surface area contributed by atoms with E-state index in [-0.39, 0.29) is 17.6 Å². The zero-order valence-corrected chi connectivity index (χ0v) is 20.2. The highest BCUT2D eigenvalue weighted by molar-refractivity contribution is 6.31. The molecule has 1 aliphatic heterocycles. The zero-order valence-electron chi connectivity index (χ0n) is 19.4. The number of hydrogen-bond acceptors (Lipinski definition) is 7. The first kappa shape index (κ1) is 25.5. The summed E-state index contributed by atoms with van der Waals surface area (Å²) in [5.74, 6) is 0.236. The van der Waals surface area contributed by atoms with Crippen LogP contribution < -0.4 is 15.4 Å². The summed E-state index contributed by atoms with van der Waals surface area (Å²) in [7, 11) is 3.56. The first-order valence-corrected chi connectivity index (χ1v) is 11.3. The fraction of sp³-hybridized carbons (Fsp3) is 0.292. The Morgan fingerprint density at radius 1 is 1.25 bits per heavy atom. The number of anilines is 3. The minimum atomic E-state index is -4.61. The summed E-state index contributed by atoms with van der Waals surface area (Å²) in [4.78, 5) is 22.7. The molecule has 8 nitrogen and oxygen atoms in total. The number of alkyl halides is 3. The first-order valence-electron chi connectivity index (χ1n) is 10.9. The number of carbonyl (C=O) groups is 1. The molecule has 2 aromatic carbocycles. The standard InChI is InChI=1S/C24H23ClF3N5O3/c1-33(2)7-5-22(34)32-20-10-16-19(11-21(20)36-15-6-8-35-12-15)29-13-30-23(16)31-14-3-4-18(25)17(9-14)24(26,27)28/h3-5,7,9-11,13,15H,6,8,12H2,1-2H3,(H,32,34)(H,29,30,31)/b7-5+. The molecule has 1 aromatic heterocycles. The van der Waals surface area contributed by atoms with Crippen LogP contribution in [0.1, 0.15) is 12.0 Å². The fourth-order valence-corrected chi connectivity index (χ4v) is 3.74. The lowest BCUT2D eigenvalue weighted by atomic mass is 10.1. The van der Waals surface area contributed by atoms with E-state index >= 15 is 0 Å². The third kappa shape index (κ3) is 6.16. The molecule has 1 saturated heterocycles. The summed E-state index contributed by atoms with van der Waals surface area (Å²) in [5.41, 5.74) is -0.0155. The molecule has 1 aliphatic rings. The van der Waals surface area contributed by atoms with Crippen LogP contribution in [0.5, 0.6) is 5.75 Å². The third-order valence-electron chi connectivity index (χ3n) is 5.23. The van der Waals surface area contributed by atoms with Gasteiger partial charge < -0.3 is 25.0 Å². The van der Waals surface area contributed by atoms with Crippen molar-refractivity contribution in [1.82, 2.24) is 14.9 Å². The highest BCUT2D eigenvalue weighted by Crippen LogP contribution is 2.38. The van der Waals surface area contributed by atoms with E-state index < -0.39 is 22.7 Å². The molecule has 1 amide bonds. The van der Waals surface area contributed by atoms with Crippen molar-refractivity contribution >= 4 is 45.6 Å². The number of fused-ring (bicyclic) bond motifs is 1. The molecule has 0 radical (unpaired) electrons. The van der Waals surface area contributed by atoms with Gasteiger partial charge in [-0.3, -0.25) is 4.79 Å². The molecule has 2 N–H and O–H groups in total. The van der Waals surface area contributed by atoms with Crippen LogP contribution in [0.15, 0.2) is 48.9 Å². The first-order chi connectivity index (χ1) is 17.1. The number of nitrogens with zero attached hydrogens (tertiary/aromatic N) is 3. The van der Waals surface area contributed by atoms with E-state index in [1.807, 2.05) is 0 Å². The second-order valence-electron chi connectivity index (χ2n) is 8.28. The predicted molar refractivity (Wildman–Crippen MR) is 131 cm³/mol. The van der Waals surface area contributed by atoms with Gasteiger partial charge in [-0.05, 0) is 24.3 Å². The lowest BCUT2D eigenvalue weighted by Crippen LogP contribution is -2.18. The Morgan fingerprint density at radius 3 is 2.75 bits per heavy atom. The molecule has 2 heterocycles. The topological polar surface area (TPSA) is 88.6 Å². The molecule has 1 unspecified atom stereocenters. The number of benzene rings is 2. The summed E-state index contributed by atoms with van der Waals surface area (Å²) < 4.78 is 51.4. The highest BCUT2D eigenvalue weighted by atomic mass is 35.5. The van der Waals surface area contributed by atoms with Crippen molar-refractivity contribution in [1.29, 1.82) is 0 Å². The number of aromatic nitrogens is 2. The van der Waals surface area contributed by atoms with Gasteiger partial charge in [0.2, 0.25) is 5.91 Å². The molecule has 3 aromatic rings. The largest absolute Gasteiger partial charge is 0.486 e. The van der Waals surface area contributed by atoms with Gasteiger partial charge in [-0.1, -0.05) is 11.6 Å². The van der Waals surface area contributed by atoms with Crippen LogP contribution in [0.4, 0.5) is 30.4 Å². The van der Waals surface area contributed by atoms with E-state index in [1.54, 1.807) is 37.3 Å². The molecule has 36 heavy (non-hydrogen) atoms. The lowest BCUT2D eigenvalue weighted by Gasteiger charge is -2.18. The SMILES string of the molecule is CN(C)/C=C/C(=O)Nc1cc2c(Nc3ccc(Cl)c(C(F)(F)F)c3)ncnc2cc1OC1CCOC1. The van der Waals surface area contributed by atoms with Gasteiger partial charge in [0.05, 0.1) is 35.0 Å². The number of rotatable bonds is 7. The van der Waals surface area contributed by atoms with E-state index in [0.717, 1.165) is 12.1 Å². The van der Waals surface area contributed by atoms with E-state index in [1.165, 1.54) is 18.5 Å². The molecular formula is C24H23ClF3N5O3. The molecule has 0 saturated carbocycles. The number of amides is 1. The maximum Gasteiger partial charge on any atom is 0.417 e. The van der Waals surface area contributed by atoms with Gasteiger partial charge in [0, 0.05) is 49.9 Å². The molecule has 0 spiro atoms. The van der Waals surface area contributed by atoms with Gasteiger partial charge in [-0.15, -0.1) is 0 Å². The molecule has 190 valence electrons. The minimum absolute atomic E-state index is 0.134. The number of nitrogens with one attached hydrogen (secondary N) is 2. The second-order valence-corrected chi connectivity index (χ2v) is 8.68. The summed E-state index contributed by atoms with van der Waals surface area (Å²) >= 11 is 5.74. The number of carbonyl (C=O) groups excluding carboxylic acids is 1. The van der Waals surface area contributed by atoms with Gasteiger partial charge in [-0.2, -0.15) is 13.2 Å². The molecule has 1 atom stereocenters. The Labute approximate surface area is 210 Å². The Kier molecular flexibility index (Phi) is 7.51. The van der Waals surface area contributed by atoms with Crippen LogP contribution in [0, 0.1) is 0 Å². The van der Waals surface area contributed by atoms with Crippen molar-refractivity contribution in [3.8, 4) is 5.75 Å². The average Bonchev–Trinajstić information content (AvgIpc) is 3.32. The van der Waals surface area contributed by atoms with Crippen LogP contribution in [-0.4, -0.2) is 54.2 Å². The third-order valence-corrected chi connectivity index (χ3v) is 5.56. The summed E-state index contributed by atoms with van der Waals surface area (Å²) in [6.45, 7) is 0.989. The molecule has 1 fully saturated rings. The Morgan fingerprint density at radius 2 is 2.06 bits per heavy atom. The van der Waals surface area contributed by atoms with Crippen LogP contribution in [0.3, 0.4) is 0 Å². The molecule has 4 rings (SSSR count). The maximum atomic E-state index is 13.3. The average molecular weight is 522 g/mol. The predicted octanol–water partition coefficient (Wildman–Crippen LogP) is 5.23. The number of hydrogen-bond donors (Lipinski definition) is 2. The quantitative estimate of drug-likeness (QED) is 0.412. The normalized spacial score (nSPS) is 15.9. The van der Waals surface area contributed by atoms with Crippen molar-refractivity contribution in [2.75, 3.05) is 37.9 Å². The van der Waals surface area contributed by atoms with Crippen molar-refractivity contribution in [3.63, 3.8) is 0 Å². The van der Waals surface area contributed by atoms with Crippen LogP contribution in [0.25, 0.3) is 10.9 Å². The minimum Gasteiger partial charge on any atom is -0.486 e. The summed E-state index contributed by atoms with van der Waals surface area (Å²) in [5, 5.41) is 5.74. The second kappa shape index (κ2) is 10.6. The van der Waals surface area contributed by atoms with E-state index in [4.69, 9.17) is 21.1 Å². The summed E-state index contributed by atoms with van der Waals surface area (Å²) in [6, 6.07) is 6.74. The number of halogens is 4. The summed E-state index contributed by atoms with van der Waals surface area (Å²) in [6.07, 6.45) is 0.128.